The van der Waals surface area contributed by atoms with E-state index in [-0.39, 0.29) is 0 Å². The summed E-state index contributed by atoms with van der Waals surface area (Å²) >= 11 is 6.74. The Bertz CT molecular complexity index is 497. The molecular weight excluding hydrogens is 334 g/mol. The smallest absolute Gasteiger partial charge is 0.219 e. The molecule has 0 amide bonds. The van der Waals surface area contributed by atoms with Crippen molar-refractivity contribution in [3.05, 3.63) is 51.0 Å². The van der Waals surface area contributed by atoms with Gasteiger partial charge in [-0.2, -0.15) is 0 Å². The van der Waals surface area contributed by atoms with E-state index in [4.69, 9.17) is 4.74 Å². The minimum atomic E-state index is 0.587. The van der Waals surface area contributed by atoms with E-state index < -0.39 is 0 Å². The Morgan fingerprint density at radius 2 is 1.81 bits per heavy atom. The summed E-state index contributed by atoms with van der Waals surface area (Å²) < 4.78 is 7.61. The lowest BCUT2D eigenvalue weighted by atomic mass is 10.2. The van der Waals surface area contributed by atoms with Crippen LogP contribution in [-0.4, -0.2) is 4.98 Å². The molecule has 0 bridgehead atoms. The average Bonchev–Trinajstić information content (AvgIpc) is 2.27. The maximum atomic E-state index is 5.68. The highest BCUT2D eigenvalue weighted by Crippen LogP contribution is 2.27. The average molecular weight is 343 g/mol. The Labute approximate surface area is 111 Å². The number of benzene rings is 1. The third-order valence-electron chi connectivity index (χ3n) is 2.06. The maximum absolute atomic E-state index is 5.68. The number of hydrogen-bond acceptors (Lipinski definition) is 2. The summed E-state index contributed by atoms with van der Waals surface area (Å²) in [5, 5.41) is 0. The summed E-state index contributed by atoms with van der Waals surface area (Å²) in [6.07, 6.45) is 1.71. The van der Waals surface area contributed by atoms with E-state index in [1.165, 1.54) is 0 Å². The zero-order chi connectivity index (χ0) is 11.5. The highest BCUT2D eigenvalue weighted by atomic mass is 79.9. The molecule has 0 unspecified atom stereocenters. The van der Waals surface area contributed by atoms with Gasteiger partial charge in [0.25, 0.3) is 0 Å². The molecular formula is C12H9Br2NO. The van der Waals surface area contributed by atoms with Crippen LogP contribution in [0, 0.1) is 6.92 Å². The minimum Gasteiger partial charge on any atom is -0.439 e. The van der Waals surface area contributed by atoms with Crippen molar-refractivity contribution in [1.82, 2.24) is 4.98 Å². The molecule has 0 aliphatic heterocycles. The molecule has 2 rings (SSSR count). The van der Waals surface area contributed by atoms with Crippen LogP contribution in [0.25, 0.3) is 0 Å². The number of hydrogen-bond donors (Lipinski definition) is 0. The topological polar surface area (TPSA) is 22.1 Å². The lowest BCUT2D eigenvalue weighted by molar-refractivity contribution is 0.459. The molecule has 0 aliphatic rings. The second-order valence-corrected chi connectivity index (χ2v) is 5.16. The molecule has 0 N–H and O–H groups in total. The highest BCUT2D eigenvalue weighted by molar-refractivity contribution is 9.10. The maximum Gasteiger partial charge on any atom is 0.219 e. The van der Waals surface area contributed by atoms with Gasteiger partial charge < -0.3 is 4.74 Å². The van der Waals surface area contributed by atoms with Gasteiger partial charge in [-0.05, 0) is 46.6 Å². The van der Waals surface area contributed by atoms with Gasteiger partial charge in [-0.3, -0.25) is 0 Å². The third kappa shape index (κ3) is 2.83. The summed E-state index contributed by atoms with van der Waals surface area (Å²) in [4.78, 5) is 4.16. The summed E-state index contributed by atoms with van der Waals surface area (Å²) in [6, 6.07) is 9.63. The number of aromatic nitrogens is 1. The van der Waals surface area contributed by atoms with Gasteiger partial charge in [0.1, 0.15) is 5.75 Å². The largest absolute Gasteiger partial charge is 0.439 e. The number of ether oxygens (including phenoxy) is 1. The Kier molecular flexibility index (Phi) is 3.61. The van der Waals surface area contributed by atoms with Gasteiger partial charge in [0, 0.05) is 21.2 Å². The van der Waals surface area contributed by atoms with E-state index in [2.05, 4.69) is 36.8 Å². The van der Waals surface area contributed by atoms with Crippen LogP contribution in [-0.2, 0) is 0 Å². The third-order valence-corrected chi connectivity index (χ3v) is 3.03. The van der Waals surface area contributed by atoms with Crippen molar-refractivity contribution in [2.75, 3.05) is 0 Å². The quantitative estimate of drug-likeness (QED) is 0.788. The molecule has 0 radical (unpaired) electrons. The molecule has 2 aromatic rings. The fourth-order valence-electron chi connectivity index (χ4n) is 1.22. The number of nitrogens with zero attached hydrogens (tertiary/aromatic N) is 1. The Morgan fingerprint density at radius 3 is 2.50 bits per heavy atom. The standard InChI is InChI=1S/C12H9Br2NO/c1-8-2-3-9(13)6-11(8)16-12-5-4-10(14)7-15-12/h2-7H,1H3. The number of halogens is 2. The monoisotopic (exact) mass is 341 g/mol. The van der Waals surface area contributed by atoms with Crippen LogP contribution in [0.4, 0.5) is 0 Å². The molecule has 0 fully saturated rings. The predicted octanol–water partition coefficient (Wildman–Crippen LogP) is 4.71. The Balaban J connectivity index is 2.26. The molecule has 4 heteroatoms. The van der Waals surface area contributed by atoms with Crippen molar-refractivity contribution in [2.24, 2.45) is 0 Å². The fraction of sp³-hybridized carbons (Fsp3) is 0.0833. The van der Waals surface area contributed by atoms with E-state index >= 15 is 0 Å². The van der Waals surface area contributed by atoms with E-state index in [1.54, 1.807) is 6.20 Å². The normalized spacial score (nSPS) is 10.2. The lowest BCUT2D eigenvalue weighted by Crippen LogP contribution is -1.89. The highest BCUT2D eigenvalue weighted by Gasteiger charge is 2.03. The van der Waals surface area contributed by atoms with Crippen LogP contribution < -0.4 is 4.74 Å². The van der Waals surface area contributed by atoms with Gasteiger partial charge in [0.2, 0.25) is 5.88 Å². The molecule has 82 valence electrons. The molecule has 0 saturated heterocycles. The van der Waals surface area contributed by atoms with Crippen LogP contribution in [0.3, 0.4) is 0 Å². The van der Waals surface area contributed by atoms with Crippen molar-refractivity contribution < 1.29 is 4.74 Å². The van der Waals surface area contributed by atoms with Crippen molar-refractivity contribution in [3.63, 3.8) is 0 Å². The van der Waals surface area contributed by atoms with Crippen molar-refractivity contribution in [1.29, 1.82) is 0 Å². The summed E-state index contributed by atoms with van der Waals surface area (Å²) in [5.41, 5.74) is 1.08. The second-order valence-electron chi connectivity index (χ2n) is 3.33. The molecule has 1 heterocycles. The molecule has 0 saturated carbocycles. The molecule has 2 nitrogen and oxygen atoms in total. The van der Waals surface area contributed by atoms with Gasteiger partial charge in [0.05, 0.1) is 0 Å². The summed E-state index contributed by atoms with van der Waals surface area (Å²) in [5.74, 6) is 1.40. The van der Waals surface area contributed by atoms with Gasteiger partial charge in [-0.15, -0.1) is 0 Å². The molecule has 1 aromatic heterocycles. The van der Waals surface area contributed by atoms with E-state index in [9.17, 15) is 0 Å². The lowest BCUT2D eigenvalue weighted by Gasteiger charge is -2.07. The van der Waals surface area contributed by atoms with Crippen molar-refractivity contribution in [2.45, 2.75) is 6.92 Å². The zero-order valence-electron chi connectivity index (χ0n) is 8.58. The van der Waals surface area contributed by atoms with Crippen molar-refractivity contribution >= 4 is 31.9 Å². The summed E-state index contributed by atoms with van der Waals surface area (Å²) in [6.45, 7) is 2.00. The van der Waals surface area contributed by atoms with E-state index in [0.29, 0.717) is 5.88 Å². The van der Waals surface area contributed by atoms with Crippen molar-refractivity contribution in [3.8, 4) is 11.6 Å². The zero-order valence-corrected chi connectivity index (χ0v) is 11.7. The first kappa shape index (κ1) is 11.6. The Morgan fingerprint density at radius 1 is 1.06 bits per heavy atom. The van der Waals surface area contributed by atoms with Gasteiger partial charge in [-0.1, -0.05) is 22.0 Å². The Hall–Kier alpha value is -0.870. The van der Waals surface area contributed by atoms with E-state index in [0.717, 1.165) is 20.3 Å². The molecule has 16 heavy (non-hydrogen) atoms. The first-order valence-electron chi connectivity index (χ1n) is 4.71. The summed E-state index contributed by atoms with van der Waals surface area (Å²) in [7, 11) is 0. The minimum absolute atomic E-state index is 0.587. The molecule has 0 aliphatic carbocycles. The molecule has 1 aromatic carbocycles. The number of aryl methyl sites for hydroxylation is 1. The first-order chi connectivity index (χ1) is 7.65. The SMILES string of the molecule is Cc1ccc(Br)cc1Oc1ccc(Br)cn1. The van der Waals surface area contributed by atoms with Crippen LogP contribution >= 0.6 is 31.9 Å². The van der Waals surface area contributed by atoms with Crippen LogP contribution in [0.2, 0.25) is 0 Å². The predicted molar refractivity (Wildman–Crippen MR) is 70.9 cm³/mol. The first-order valence-corrected chi connectivity index (χ1v) is 6.29. The van der Waals surface area contributed by atoms with Gasteiger partial charge >= 0.3 is 0 Å². The molecule has 0 atom stereocenters. The van der Waals surface area contributed by atoms with Gasteiger partial charge in [-0.25, -0.2) is 4.98 Å². The fourth-order valence-corrected chi connectivity index (χ4v) is 1.79. The van der Waals surface area contributed by atoms with E-state index in [1.807, 2.05) is 37.3 Å². The number of pyridine rings is 1. The van der Waals surface area contributed by atoms with Crippen LogP contribution in [0.1, 0.15) is 5.56 Å². The second kappa shape index (κ2) is 4.97. The van der Waals surface area contributed by atoms with Crippen LogP contribution in [0.5, 0.6) is 11.6 Å². The van der Waals surface area contributed by atoms with Gasteiger partial charge in [0.15, 0.2) is 0 Å². The van der Waals surface area contributed by atoms with Crippen LogP contribution in [0.15, 0.2) is 45.5 Å². The number of rotatable bonds is 2. The molecule has 0 spiro atoms.